The summed E-state index contributed by atoms with van der Waals surface area (Å²) in [7, 11) is -3.89. The molecule has 17 heavy (non-hydrogen) atoms. The van der Waals surface area contributed by atoms with Gasteiger partial charge < -0.3 is 10.8 Å². The Balaban J connectivity index is 2.47. The highest BCUT2D eigenvalue weighted by Gasteiger charge is 2.37. The maximum atomic E-state index is 13.8. The van der Waals surface area contributed by atoms with Crippen molar-refractivity contribution >= 4 is 15.7 Å². The molecule has 1 aromatic carbocycles. The van der Waals surface area contributed by atoms with Crippen LogP contribution in [0.15, 0.2) is 17.0 Å². The molecule has 0 amide bonds. The number of nitrogens with zero attached hydrogens (tertiary/aromatic N) is 1. The third-order valence-electron chi connectivity index (χ3n) is 2.69. The molecular formula is C10H13FN2O3S. The predicted molar refractivity (Wildman–Crippen MR) is 60.3 cm³/mol. The monoisotopic (exact) mass is 260 g/mol. The lowest BCUT2D eigenvalue weighted by Gasteiger charge is -2.34. The molecule has 0 unspecified atom stereocenters. The number of aryl methyl sites for hydroxylation is 1. The number of hydrogen-bond acceptors (Lipinski definition) is 4. The number of aliphatic hydroxyl groups excluding tert-OH is 1. The number of nitrogen functional groups attached to an aromatic ring is 1. The topological polar surface area (TPSA) is 83.6 Å². The molecule has 0 aliphatic carbocycles. The van der Waals surface area contributed by atoms with Gasteiger partial charge >= 0.3 is 0 Å². The van der Waals surface area contributed by atoms with Gasteiger partial charge in [0.1, 0.15) is 10.7 Å². The van der Waals surface area contributed by atoms with E-state index >= 15 is 0 Å². The second-order valence-electron chi connectivity index (χ2n) is 4.13. The maximum absolute atomic E-state index is 13.8. The first-order valence-electron chi connectivity index (χ1n) is 5.06. The van der Waals surface area contributed by atoms with Crippen LogP contribution in [0.2, 0.25) is 0 Å². The van der Waals surface area contributed by atoms with Crippen LogP contribution < -0.4 is 5.73 Å². The summed E-state index contributed by atoms with van der Waals surface area (Å²) in [5, 5.41) is 9.08. The lowest BCUT2D eigenvalue weighted by molar-refractivity contribution is 0.0546. The van der Waals surface area contributed by atoms with Gasteiger partial charge in [-0.2, -0.15) is 4.31 Å². The van der Waals surface area contributed by atoms with Gasteiger partial charge in [-0.1, -0.05) is 0 Å². The zero-order valence-corrected chi connectivity index (χ0v) is 10.0. The Kier molecular flexibility index (Phi) is 2.84. The zero-order valence-electron chi connectivity index (χ0n) is 9.22. The Bertz CT molecular complexity index is 553. The third-order valence-corrected chi connectivity index (χ3v) is 4.52. The van der Waals surface area contributed by atoms with Crippen LogP contribution >= 0.6 is 0 Å². The molecule has 0 aromatic heterocycles. The smallest absolute Gasteiger partial charge is 0.246 e. The van der Waals surface area contributed by atoms with Crippen molar-refractivity contribution in [3.63, 3.8) is 0 Å². The standard InChI is InChI=1S/C10H13FN2O3S/c1-6-2-7(12)3-9(10(6)11)17(15,16)13-4-8(14)5-13/h2-3,8,14H,4-5,12H2,1H3. The van der Waals surface area contributed by atoms with Gasteiger partial charge in [0, 0.05) is 18.8 Å². The van der Waals surface area contributed by atoms with E-state index in [9.17, 15) is 12.8 Å². The predicted octanol–water partition coefficient (Wildman–Crippen LogP) is 0.0815. The number of nitrogens with two attached hydrogens (primary N) is 1. The molecule has 1 aliphatic rings. The lowest BCUT2D eigenvalue weighted by Crippen LogP contribution is -2.53. The van der Waals surface area contributed by atoms with Gasteiger partial charge in [-0.05, 0) is 24.6 Å². The Morgan fingerprint density at radius 1 is 1.47 bits per heavy atom. The van der Waals surface area contributed by atoms with Gasteiger partial charge in [0.15, 0.2) is 0 Å². The summed E-state index contributed by atoms with van der Waals surface area (Å²) in [6, 6.07) is 2.47. The molecule has 2 rings (SSSR count). The Hall–Kier alpha value is -1.18. The quantitative estimate of drug-likeness (QED) is 0.738. The molecule has 0 bridgehead atoms. The first-order valence-corrected chi connectivity index (χ1v) is 6.50. The molecule has 1 aromatic rings. The second-order valence-corrected chi connectivity index (χ2v) is 6.03. The summed E-state index contributed by atoms with van der Waals surface area (Å²) < 4.78 is 38.8. The SMILES string of the molecule is Cc1cc(N)cc(S(=O)(=O)N2CC(O)C2)c1F. The van der Waals surface area contributed by atoms with Crippen LogP contribution in [-0.4, -0.2) is 37.0 Å². The molecule has 1 fully saturated rings. The van der Waals surface area contributed by atoms with Crippen LogP contribution in [0.4, 0.5) is 10.1 Å². The fraction of sp³-hybridized carbons (Fsp3) is 0.400. The van der Waals surface area contributed by atoms with Gasteiger partial charge in [-0.15, -0.1) is 0 Å². The number of sulfonamides is 1. The van der Waals surface area contributed by atoms with Gasteiger partial charge in [0.2, 0.25) is 10.0 Å². The molecule has 7 heteroatoms. The van der Waals surface area contributed by atoms with Crippen LogP contribution in [0, 0.1) is 12.7 Å². The van der Waals surface area contributed by atoms with E-state index in [-0.39, 0.29) is 24.3 Å². The summed E-state index contributed by atoms with van der Waals surface area (Å²) in [6.07, 6.45) is -0.671. The molecule has 5 nitrogen and oxygen atoms in total. The number of rotatable bonds is 2. The number of halogens is 1. The minimum atomic E-state index is -3.89. The molecule has 1 saturated heterocycles. The number of benzene rings is 1. The van der Waals surface area contributed by atoms with Crippen molar-refractivity contribution in [1.82, 2.24) is 4.31 Å². The Morgan fingerprint density at radius 3 is 2.59 bits per heavy atom. The number of anilines is 1. The molecule has 0 radical (unpaired) electrons. The van der Waals surface area contributed by atoms with Crippen molar-refractivity contribution in [1.29, 1.82) is 0 Å². The average molecular weight is 260 g/mol. The van der Waals surface area contributed by atoms with Crippen LogP contribution in [0.5, 0.6) is 0 Å². The Morgan fingerprint density at radius 2 is 2.06 bits per heavy atom. The summed E-state index contributed by atoms with van der Waals surface area (Å²) in [4.78, 5) is -0.429. The molecule has 0 saturated carbocycles. The highest BCUT2D eigenvalue weighted by molar-refractivity contribution is 7.89. The third kappa shape index (κ3) is 2.01. The molecule has 3 N–H and O–H groups in total. The van der Waals surface area contributed by atoms with E-state index < -0.39 is 26.8 Å². The molecule has 0 atom stereocenters. The van der Waals surface area contributed by atoms with Gasteiger partial charge in [0.25, 0.3) is 0 Å². The van der Waals surface area contributed by atoms with Gasteiger partial charge in [-0.25, -0.2) is 12.8 Å². The number of aliphatic hydroxyl groups is 1. The van der Waals surface area contributed by atoms with E-state index in [0.29, 0.717) is 0 Å². The van der Waals surface area contributed by atoms with E-state index in [1.807, 2.05) is 0 Å². The first-order chi connectivity index (χ1) is 7.82. The van der Waals surface area contributed by atoms with Crippen LogP contribution in [0.1, 0.15) is 5.56 Å². The van der Waals surface area contributed by atoms with E-state index in [2.05, 4.69) is 0 Å². The van der Waals surface area contributed by atoms with Crippen LogP contribution in [0.3, 0.4) is 0 Å². The van der Waals surface area contributed by atoms with E-state index in [1.54, 1.807) is 0 Å². The minimum absolute atomic E-state index is 0.00435. The lowest BCUT2D eigenvalue weighted by atomic mass is 10.2. The largest absolute Gasteiger partial charge is 0.399 e. The average Bonchev–Trinajstić information content (AvgIpc) is 2.18. The summed E-state index contributed by atoms with van der Waals surface area (Å²) >= 11 is 0. The normalized spacial score (nSPS) is 18.1. The number of hydrogen-bond donors (Lipinski definition) is 2. The van der Waals surface area contributed by atoms with E-state index in [4.69, 9.17) is 10.8 Å². The van der Waals surface area contributed by atoms with E-state index in [0.717, 1.165) is 10.4 Å². The molecule has 94 valence electrons. The van der Waals surface area contributed by atoms with Crippen molar-refractivity contribution < 1.29 is 17.9 Å². The van der Waals surface area contributed by atoms with Crippen molar-refractivity contribution in [2.24, 2.45) is 0 Å². The maximum Gasteiger partial charge on any atom is 0.246 e. The molecule has 1 aliphatic heterocycles. The van der Waals surface area contributed by atoms with Gasteiger partial charge in [-0.3, -0.25) is 0 Å². The van der Waals surface area contributed by atoms with Gasteiger partial charge in [0.05, 0.1) is 6.10 Å². The van der Waals surface area contributed by atoms with Crippen molar-refractivity contribution in [3.05, 3.63) is 23.5 Å². The van der Waals surface area contributed by atoms with Crippen LogP contribution in [-0.2, 0) is 10.0 Å². The Labute approximate surface area is 98.7 Å². The molecule has 1 heterocycles. The van der Waals surface area contributed by atoms with Crippen LogP contribution in [0.25, 0.3) is 0 Å². The highest BCUT2D eigenvalue weighted by Crippen LogP contribution is 2.27. The first kappa shape index (κ1) is 12.3. The summed E-state index contributed by atoms with van der Waals surface area (Å²) in [5.74, 6) is -0.791. The second kappa shape index (κ2) is 3.94. The summed E-state index contributed by atoms with van der Waals surface area (Å²) in [5.41, 5.74) is 5.90. The fourth-order valence-electron chi connectivity index (χ4n) is 1.70. The molecule has 0 spiro atoms. The number of β-amino-alcohol motifs (C(OH)–C–C–N with tert-alkyl or cyclic N) is 1. The zero-order chi connectivity index (χ0) is 12.8. The van der Waals surface area contributed by atoms with Crippen molar-refractivity contribution in [3.8, 4) is 0 Å². The minimum Gasteiger partial charge on any atom is -0.399 e. The van der Waals surface area contributed by atoms with Crippen molar-refractivity contribution in [2.45, 2.75) is 17.9 Å². The summed E-state index contributed by atoms with van der Waals surface area (Å²) in [6.45, 7) is 1.45. The molecular weight excluding hydrogens is 247 g/mol. The van der Waals surface area contributed by atoms with E-state index in [1.165, 1.54) is 13.0 Å². The highest BCUT2D eigenvalue weighted by atomic mass is 32.2. The fourth-order valence-corrected chi connectivity index (χ4v) is 3.39. The van der Waals surface area contributed by atoms with Crippen molar-refractivity contribution in [2.75, 3.05) is 18.8 Å².